The number of non-ortho nitro benzene ring substituents is 1. The Bertz CT molecular complexity index is 1030. The van der Waals surface area contributed by atoms with Crippen molar-refractivity contribution in [2.45, 2.75) is 50.7 Å². The van der Waals surface area contributed by atoms with Gasteiger partial charge in [0.15, 0.2) is 0 Å². The monoisotopic (exact) mass is 488 g/mol. The maximum absolute atomic E-state index is 14.0. The average Bonchev–Trinajstić information content (AvgIpc) is 3.02. The van der Waals surface area contributed by atoms with E-state index in [1.54, 1.807) is 0 Å². The Morgan fingerprint density at radius 2 is 1.73 bits per heavy atom. The Kier molecular flexibility index (Phi) is 7.45. The highest BCUT2D eigenvalue weighted by Gasteiger charge is 2.52. The zero-order valence-electron chi connectivity index (χ0n) is 18.9. The van der Waals surface area contributed by atoms with E-state index in [9.17, 15) is 20.0 Å². The van der Waals surface area contributed by atoms with Crippen molar-refractivity contribution < 1.29 is 19.6 Å². The van der Waals surface area contributed by atoms with E-state index in [1.807, 2.05) is 58.0 Å². The van der Waals surface area contributed by atoms with Crippen LogP contribution in [0.15, 0.2) is 54.6 Å². The number of carbonyl (C=O) groups is 1. The van der Waals surface area contributed by atoms with Gasteiger partial charge in [-0.3, -0.25) is 19.8 Å². The van der Waals surface area contributed by atoms with E-state index in [0.717, 1.165) is 5.56 Å². The SMILES string of the molecule is CC(C)[C@@H]1N(C(=O)[C@H]([C@H](O)c2ccc([N+](=O)[O-])cc2)[C@H](S)c2ccccc2)C(=S)OC1(C)C. The van der Waals surface area contributed by atoms with Crippen molar-refractivity contribution in [1.82, 2.24) is 4.90 Å². The molecule has 0 unspecified atom stereocenters. The molecule has 1 amide bonds. The maximum Gasteiger partial charge on any atom is 0.269 e. The summed E-state index contributed by atoms with van der Waals surface area (Å²) in [4.78, 5) is 26.0. The lowest BCUT2D eigenvalue weighted by atomic mass is 9.85. The van der Waals surface area contributed by atoms with Gasteiger partial charge in [0.25, 0.3) is 10.9 Å². The number of ether oxygens (including phenoxy) is 1. The molecule has 176 valence electrons. The molecule has 0 aromatic heterocycles. The fourth-order valence-corrected chi connectivity index (χ4v) is 5.43. The van der Waals surface area contributed by atoms with Gasteiger partial charge >= 0.3 is 0 Å². The largest absolute Gasteiger partial charge is 0.462 e. The van der Waals surface area contributed by atoms with Crippen LogP contribution < -0.4 is 0 Å². The van der Waals surface area contributed by atoms with Crippen LogP contribution in [-0.2, 0) is 9.53 Å². The Hall–Kier alpha value is -2.49. The molecule has 2 aromatic rings. The summed E-state index contributed by atoms with van der Waals surface area (Å²) in [6, 6.07) is 14.4. The second kappa shape index (κ2) is 9.79. The Morgan fingerprint density at radius 3 is 2.24 bits per heavy atom. The lowest BCUT2D eigenvalue weighted by Gasteiger charge is -2.36. The number of hydrogen-bond acceptors (Lipinski definition) is 7. The summed E-state index contributed by atoms with van der Waals surface area (Å²) in [6.07, 6.45) is -1.28. The lowest BCUT2D eigenvalue weighted by molar-refractivity contribution is -0.384. The van der Waals surface area contributed by atoms with Gasteiger partial charge < -0.3 is 9.84 Å². The molecule has 1 heterocycles. The summed E-state index contributed by atoms with van der Waals surface area (Å²) >= 11 is 10.2. The molecule has 2 aromatic carbocycles. The molecule has 1 N–H and O–H groups in total. The molecule has 1 saturated heterocycles. The Labute approximate surface area is 204 Å². The predicted molar refractivity (Wildman–Crippen MR) is 133 cm³/mol. The number of aliphatic hydroxyl groups is 1. The summed E-state index contributed by atoms with van der Waals surface area (Å²) < 4.78 is 5.87. The van der Waals surface area contributed by atoms with Gasteiger partial charge in [0.05, 0.1) is 23.0 Å². The molecule has 1 aliphatic rings. The standard InChI is InChI=1S/C24H28N2O5S2/c1-14(2)21-24(3,4)31-23(33)25(21)22(28)18(20(32)16-8-6-5-7-9-16)19(27)15-10-12-17(13-11-15)26(29)30/h5-14,18-21,27,32H,1-4H3/t18-,19-,20-,21+/m1/s1. The predicted octanol–water partition coefficient (Wildman–Crippen LogP) is 4.86. The molecule has 0 saturated carbocycles. The molecular weight excluding hydrogens is 460 g/mol. The molecule has 4 atom stereocenters. The van der Waals surface area contributed by atoms with Crippen LogP contribution in [0.25, 0.3) is 0 Å². The molecule has 1 fully saturated rings. The molecule has 1 aliphatic heterocycles. The maximum atomic E-state index is 14.0. The van der Waals surface area contributed by atoms with Crippen LogP contribution in [-0.4, -0.2) is 37.7 Å². The number of aliphatic hydroxyl groups excluding tert-OH is 1. The summed E-state index contributed by atoms with van der Waals surface area (Å²) in [5, 5.41) is 21.8. The van der Waals surface area contributed by atoms with Gasteiger partial charge in [-0.15, -0.1) is 0 Å². The van der Waals surface area contributed by atoms with Crippen LogP contribution in [0.2, 0.25) is 0 Å². The minimum Gasteiger partial charge on any atom is -0.462 e. The molecule has 0 bridgehead atoms. The van der Waals surface area contributed by atoms with Gasteiger partial charge in [-0.2, -0.15) is 12.6 Å². The molecule has 0 aliphatic carbocycles. The second-order valence-electron chi connectivity index (χ2n) is 9.04. The number of nitrogens with zero attached hydrogens (tertiary/aromatic N) is 2. The van der Waals surface area contributed by atoms with E-state index in [0.29, 0.717) is 5.56 Å². The highest BCUT2D eigenvalue weighted by atomic mass is 32.1. The molecule has 33 heavy (non-hydrogen) atoms. The molecule has 0 spiro atoms. The zero-order chi connectivity index (χ0) is 24.5. The van der Waals surface area contributed by atoms with E-state index in [1.165, 1.54) is 29.2 Å². The molecule has 7 nitrogen and oxygen atoms in total. The number of benzene rings is 2. The first kappa shape index (κ1) is 25.1. The van der Waals surface area contributed by atoms with Gasteiger partial charge in [0, 0.05) is 17.4 Å². The first-order valence-electron chi connectivity index (χ1n) is 10.7. The number of hydrogen-bond donors (Lipinski definition) is 2. The number of nitro benzene ring substituents is 1. The van der Waals surface area contributed by atoms with Crippen molar-refractivity contribution in [2.24, 2.45) is 11.8 Å². The van der Waals surface area contributed by atoms with Crippen molar-refractivity contribution in [2.75, 3.05) is 0 Å². The number of carbonyl (C=O) groups excluding carboxylic acids is 1. The van der Waals surface area contributed by atoms with Crippen molar-refractivity contribution >= 4 is 41.6 Å². The fourth-order valence-electron chi connectivity index (χ4n) is 4.55. The normalized spacial score (nSPS) is 20.3. The van der Waals surface area contributed by atoms with Crippen LogP contribution in [0, 0.1) is 22.0 Å². The minimum atomic E-state index is -1.28. The number of amides is 1. The molecule has 9 heteroatoms. The number of rotatable bonds is 7. The van der Waals surface area contributed by atoms with E-state index in [2.05, 4.69) is 0 Å². The summed E-state index contributed by atoms with van der Waals surface area (Å²) in [7, 11) is 0. The molecule has 0 radical (unpaired) electrons. The highest BCUT2D eigenvalue weighted by Crippen LogP contribution is 2.42. The quantitative estimate of drug-likeness (QED) is 0.250. The lowest BCUT2D eigenvalue weighted by Crippen LogP contribution is -2.51. The number of thiocarbonyl (C=S) groups is 1. The van der Waals surface area contributed by atoms with E-state index < -0.39 is 33.7 Å². The van der Waals surface area contributed by atoms with E-state index >= 15 is 0 Å². The smallest absolute Gasteiger partial charge is 0.269 e. The van der Waals surface area contributed by atoms with Crippen molar-refractivity contribution in [3.8, 4) is 0 Å². The highest BCUT2D eigenvalue weighted by molar-refractivity contribution is 7.80. The van der Waals surface area contributed by atoms with Crippen LogP contribution in [0.4, 0.5) is 5.69 Å². The fraction of sp³-hybridized carbons (Fsp3) is 0.417. The van der Waals surface area contributed by atoms with Crippen LogP contribution in [0.5, 0.6) is 0 Å². The Morgan fingerprint density at radius 1 is 1.15 bits per heavy atom. The van der Waals surface area contributed by atoms with E-state index in [-0.39, 0.29) is 22.8 Å². The summed E-state index contributed by atoms with van der Waals surface area (Å²) in [5.74, 6) is -1.38. The van der Waals surface area contributed by atoms with Crippen molar-refractivity contribution in [3.63, 3.8) is 0 Å². The third-order valence-corrected chi connectivity index (χ3v) is 6.86. The van der Waals surface area contributed by atoms with Crippen LogP contribution >= 0.6 is 24.8 Å². The third kappa shape index (κ3) is 5.05. The van der Waals surface area contributed by atoms with Crippen molar-refractivity contribution in [1.29, 1.82) is 0 Å². The van der Waals surface area contributed by atoms with Gasteiger partial charge in [0.1, 0.15) is 5.60 Å². The molecular formula is C24H28N2O5S2. The van der Waals surface area contributed by atoms with Crippen LogP contribution in [0.3, 0.4) is 0 Å². The second-order valence-corrected chi connectivity index (χ2v) is 9.95. The van der Waals surface area contributed by atoms with Crippen molar-refractivity contribution in [3.05, 3.63) is 75.8 Å². The van der Waals surface area contributed by atoms with E-state index in [4.69, 9.17) is 29.6 Å². The minimum absolute atomic E-state index is 0.0386. The topological polar surface area (TPSA) is 92.9 Å². The Balaban J connectivity index is 2.05. The third-order valence-electron chi connectivity index (χ3n) is 5.96. The number of thiol groups is 1. The average molecular weight is 489 g/mol. The number of nitro groups is 1. The molecule has 3 rings (SSSR count). The summed E-state index contributed by atoms with van der Waals surface area (Å²) in [5.41, 5.74) is 0.338. The van der Waals surface area contributed by atoms with Gasteiger partial charge in [-0.05, 0) is 55.2 Å². The zero-order valence-corrected chi connectivity index (χ0v) is 20.6. The van der Waals surface area contributed by atoms with Gasteiger partial charge in [-0.25, -0.2) is 0 Å². The first-order chi connectivity index (χ1) is 15.5. The van der Waals surface area contributed by atoms with Gasteiger partial charge in [0.2, 0.25) is 5.91 Å². The summed E-state index contributed by atoms with van der Waals surface area (Å²) in [6.45, 7) is 7.74. The first-order valence-corrected chi connectivity index (χ1v) is 11.6. The van der Waals surface area contributed by atoms with Gasteiger partial charge in [-0.1, -0.05) is 44.2 Å². The van der Waals surface area contributed by atoms with Crippen LogP contribution in [0.1, 0.15) is 50.2 Å².